The van der Waals surface area contributed by atoms with E-state index in [1.807, 2.05) is 20.8 Å². The summed E-state index contributed by atoms with van der Waals surface area (Å²) >= 11 is 0. The Morgan fingerprint density at radius 1 is 0.679 bits per heavy atom. The first-order valence-electron chi connectivity index (χ1n) is 11.0. The van der Waals surface area contributed by atoms with Gasteiger partial charge in [-0.15, -0.1) is 0 Å². The third-order valence-electron chi connectivity index (χ3n) is 4.86. The standard InChI is InChI=1S/C21H39NO5Si/c1-4-25-28(26-5-2,27-6-3)19-15-13-11-9-7-8-10-12-14-18-22-20(23)16-17-21(22)24/h16-17H,4-15,18-19H2,1-3H3. The molecule has 0 unspecified atom stereocenters. The van der Waals surface area contributed by atoms with Crippen molar-refractivity contribution in [2.45, 2.75) is 84.6 Å². The van der Waals surface area contributed by atoms with E-state index in [1.165, 1.54) is 55.6 Å². The van der Waals surface area contributed by atoms with Crippen molar-refractivity contribution in [1.29, 1.82) is 0 Å². The molecule has 2 amide bonds. The monoisotopic (exact) mass is 413 g/mol. The summed E-state index contributed by atoms with van der Waals surface area (Å²) in [5.74, 6) is -0.342. The van der Waals surface area contributed by atoms with Gasteiger partial charge in [0.2, 0.25) is 0 Å². The van der Waals surface area contributed by atoms with E-state index in [0.717, 1.165) is 25.3 Å². The summed E-state index contributed by atoms with van der Waals surface area (Å²) in [6.45, 7) is 8.47. The van der Waals surface area contributed by atoms with Crippen molar-refractivity contribution in [3.8, 4) is 0 Å². The van der Waals surface area contributed by atoms with Crippen molar-refractivity contribution in [2.75, 3.05) is 26.4 Å². The molecular formula is C21H39NO5Si. The van der Waals surface area contributed by atoms with Crippen LogP contribution in [0.5, 0.6) is 0 Å². The summed E-state index contributed by atoms with van der Waals surface area (Å²) in [5, 5.41) is 0. The molecule has 0 saturated heterocycles. The molecule has 0 fully saturated rings. The Kier molecular flexibility index (Phi) is 13.3. The number of imide groups is 1. The van der Waals surface area contributed by atoms with Crippen LogP contribution in [0.2, 0.25) is 6.04 Å². The highest BCUT2D eigenvalue weighted by molar-refractivity contribution is 6.60. The lowest BCUT2D eigenvalue weighted by Crippen LogP contribution is -2.45. The van der Waals surface area contributed by atoms with Crippen LogP contribution in [0.15, 0.2) is 12.2 Å². The van der Waals surface area contributed by atoms with Gasteiger partial charge in [-0.3, -0.25) is 14.5 Å². The molecule has 0 spiro atoms. The number of hydrogen-bond donors (Lipinski definition) is 0. The van der Waals surface area contributed by atoms with Gasteiger partial charge in [-0.05, 0) is 33.6 Å². The summed E-state index contributed by atoms with van der Waals surface area (Å²) in [7, 11) is -2.46. The van der Waals surface area contributed by atoms with Gasteiger partial charge in [0.25, 0.3) is 11.8 Å². The molecule has 0 radical (unpaired) electrons. The Balaban J connectivity index is 2.00. The highest BCUT2D eigenvalue weighted by Gasteiger charge is 2.39. The SMILES string of the molecule is CCO[Si](CCCCCCCCCCCN1C(=O)C=CC1=O)(OCC)OCC. The third-order valence-corrected chi connectivity index (χ3v) is 8.01. The maximum Gasteiger partial charge on any atom is 0.500 e. The molecule has 0 aromatic carbocycles. The van der Waals surface area contributed by atoms with Gasteiger partial charge in [0.05, 0.1) is 0 Å². The fraction of sp³-hybridized carbons (Fsp3) is 0.810. The van der Waals surface area contributed by atoms with Gasteiger partial charge in [-0.2, -0.15) is 0 Å². The van der Waals surface area contributed by atoms with Crippen molar-refractivity contribution in [2.24, 2.45) is 0 Å². The molecule has 0 aromatic heterocycles. The number of hydrogen-bond acceptors (Lipinski definition) is 5. The molecule has 6 nitrogen and oxygen atoms in total. The molecule has 0 bridgehead atoms. The first-order chi connectivity index (χ1) is 13.6. The molecule has 0 aliphatic carbocycles. The van der Waals surface area contributed by atoms with Gasteiger partial charge in [0.15, 0.2) is 0 Å². The lowest BCUT2D eigenvalue weighted by molar-refractivity contribution is -0.136. The van der Waals surface area contributed by atoms with Crippen LogP contribution in [0.1, 0.15) is 78.6 Å². The van der Waals surface area contributed by atoms with Crippen LogP contribution >= 0.6 is 0 Å². The van der Waals surface area contributed by atoms with Crippen molar-refractivity contribution < 1.29 is 22.9 Å². The Hall–Kier alpha value is -1.02. The van der Waals surface area contributed by atoms with Gasteiger partial charge < -0.3 is 13.3 Å². The average molecular weight is 414 g/mol. The fourth-order valence-corrected chi connectivity index (χ4v) is 6.19. The zero-order valence-electron chi connectivity index (χ0n) is 18.0. The summed E-state index contributed by atoms with van der Waals surface area (Å²) in [5.41, 5.74) is 0. The summed E-state index contributed by atoms with van der Waals surface area (Å²) in [6.07, 6.45) is 13.1. The molecule has 0 aromatic rings. The normalized spacial score (nSPS) is 14.5. The molecule has 1 heterocycles. The average Bonchev–Trinajstić information content (AvgIpc) is 2.98. The van der Waals surface area contributed by atoms with Crippen LogP contribution in [0.4, 0.5) is 0 Å². The van der Waals surface area contributed by atoms with Gasteiger partial charge in [-0.1, -0.05) is 44.9 Å². The quantitative estimate of drug-likeness (QED) is 0.188. The molecule has 28 heavy (non-hydrogen) atoms. The summed E-state index contributed by atoms with van der Waals surface area (Å²) in [6, 6.07) is 0.908. The minimum absolute atomic E-state index is 0.171. The lowest BCUT2D eigenvalue weighted by atomic mass is 10.1. The minimum Gasteiger partial charge on any atom is -0.374 e. The molecule has 0 N–H and O–H groups in total. The number of nitrogens with zero attached hydrogens (tertiary/aromatic N) is 1. The Morgan fingerprint density at radius 3 is 1.50 bits per heavy atom. The molecule has 0 saturated carbocycles. The molecule has 1 aliphatic rings. The van der Waals surface area contributed by atoms with E-state index in [1.54, 1.807) is 0 Å². The molecule has 0 atom stereocenters. The van der Waals surface area contributed by atoms with Crippen LogP contribution < -0.4 is 0 Å². The van der Waals surface area contributed by atoms with Gasteiger partial charge in [0.1, 0.15) is 0 Å². The van der Waals surface area contributed by atoms with E-state index in [9.17, 15) is 9.59 Å². The van der Waals surface area contributed by atoms with Crippen molar-refractivity contribution in [3.63, 3.8) is 0 Å². The van der Waals surface area contributed by atoms with E-state index in [-0.39, 0.29) is 11.8 Å². The number of carbonyl (C=O) groups is 2. The zero-order valence-corrected chi connectivity index (χ0v) is 19.0. The van der Waals surface area contributed by atoms with Crippen LogP contribution in [0.25, 0.3) is 0 Å². The van der Waals surface area contributed by atoms with Crippen molar-refractivity contribution in [1.82, 2.24) is 4.90 Å². The minimum atomic E-state index is -2.46. The van der Waals surface area contributed by atoms with Crippen LogP contribution in [-0.4, -0.2) is 51.9 Å². The number of rotatable bonds is 18. The maximum absolute atomic E-state index is 11.4. The van der Waals surface area contributed by atoms with E-state index in [4.69, 9.17) is 13.3 Å². The van der Waals surface area contributed by atoms with Crippen molar-refractivity contribution >= 4 is 20.6 Å². The predicted molar refractivity (Wildman–Crippen MR) is 113 cm³/mol. The largest absolute Gasteiger partial charge is 0.500 e. The second kappa shape index (κ2) is 14.9. The van der Waals surface area contributed by atoms with Crippen LogP contribution in [-0.2, 0) is 22.9 Å². The van der Waals surface area contributed by atoms with Gasteiger partial charge in [-0.25, -0.2) is 0 Å². The molecule has 7 heteroatoms. The van der Waals surface area contributed by atoms with E-state index in [0.29, 0.717) is 26.4 Å². The summed E-state index contributed by atoms with van der Waals surface area (Å²) in [4.78, 5) is 24.2. The summed E-state index contributed by atoms with van der Waals surface area (Å²) < 4.78 is 17.7. The molecule has 1 rings (SSSR count). The number of amides is 2. The second-order valence-corrected chi connectivity index (χ2v) is 9.81. The van der Waals surface area contributed by atoms with Gasteiger partial charge in [0, 0.05) is 44.6 Å². The Labute approximate surface area is 172 Å². The lowest BCUT2D eigenvalue weighted by Gasteiger charge is -2.28. The van der Waals surface area contributed by atoms with E-state index in [2.05, 4.69) is 0 Å². The van der Waals surface area contributed by atoms with E-state index >= 15 is 0 Å². The first kappa shape index (κ1) is 25.0. The smallest absolute Gasteiger partial charge is 0.374 e. The first-order valence-corrected chi connectivity index (χ1v) is 13.0. The second-order valence-electron chi connectivity index (χ2n) is 7.08. The Morgan fingerprint density at radius 2 is 1.07 bits per heavy atom. The van der Waals surface area contributed by atoms with Crippen molar-refractivity contribution in [3.05, 3.63) is 12.2 Å². The molecular weight excluding hydrogens is 374 g/mol. The fourth-order valence-electron chi connectivity index (χ4n) is 3.50. The predicted octanol–water partition coefficient (Wildman–Crippen LogP) is 4.47. The third kappa shape index (κ3) is 9.45. The zero-order chi connectivity index (χ0) is 20.7. The van der Waals surface area contributed by atoms with Crippen LogP contribution in [0, 0.1) is 0 Å². The topological polar surface area (TPSA) is 65.1 Å². The number of carbonyl (C=O) groups excluding carboxylic acids is 2. The highest BCUT2D eigenvalue weighted by atomic mass is 28.4. The highest BCUT2D eigenvalue weighted by Crippen LogP contribution is 2.21. The Bertz CT molecular complexity index is 448. The van der Waals surface area contributed by atoms with E-state index < -0.39 is 8.80 Å². The maximum atomic E-state index is 11.4. The number of unbranched alkanes of at least 4 members (excludes halogenated alkanes) is 8. The molecule has 162 valence electrons. The molecule has 1 aliphatic heterocycles. The van der Waals surface area contributed by atoms with Gasteiger partial charge >= 0.3 is 8.80 Å². The van der Waals surface area contributed by atoms with Crippen LogP contribution in [0.3, 0.4) is 0 Å².